The van der Waals surface area contributed by atoms with E-state index >= 15 is 0 Å². The molecule has 194 valence electrons. The van der Waals surface area contributed by atoms with Crippen molar-refractivity contribution < 1.29 is 27.5 Å². The maximum atomic E-state index is 13.5. The van der Waals surface area contributed by atoms with Crippen LogP contribution >= 0.6 is 0 Å². The number of ketones is 1. The van der Waals surface area contributed by atoms with Crippen LogP contribution in [0.25, 0.3) is 11.0 Å². The van der Waals surface area contributed by atoms with Crippen LogP contribution in [0.2, 0.25) is 0 Å². The Morgan fingerprint density at radius 2 is 1.92 bits per heavy atom. The van der Waals surface area contributed by atoms with Gasteiger partial charge in [-0.25, -0.2) is 15.0 Å². The van der Waals surface area contributed by atoms with Crippen molar-refractivity contribution >= 4 is 28.4 Å². The van der Waals surface area contributed by atoms with E-state index in [-0.39, 0.29) is 41.3 Å². The predicted molar refractivity (Wildman–Crippen MR) is 127 cm³/mol. The number of ether oxygens (including phenoxy) is 1. The molecular weight excluding hydrogens is 491 g/mol. The topological polar surface area (TPSA) is 117 Å². The molecule has 0 aliphatic heterocycles. The fraction of sp³-hybridized carbons (Fsp3) is 0.333. The SMILES string of the molecule is CCOc1ncc(C(=O)c2cn(C(C)C)c3ncncc23)cc1NC(=O)Cn1nc(C(F)(F)F)cc1C. The molecule has 1 N–H and O–H groups in total. The van der Waals surface area contributed by atoms with Crippen LogP contribution in [0.4, 0.5) is 18.9 Å². The number of alkyl halides is 3. The Bertz CT molecular complexity index is 1470. The number of amides is 1. The maximum absolute atomic E-state index is 13.5. The fourth-order valence-corrected chi connectivity index (χ4v) is 3.77. The molecule has 0 saturated heterocycles. The molecule has 0 aliphatic carbocycles. The van der Waals surface area contributed by atoms with E-state index in [4.69, 9.17) is 4.74 Å². The lowest BCUT2D eigenvalue weighted by Crippen LogP contribution is -2.21. The first-order chi connectivity index (χ1) is 17.5. The molecular formula is C24H24F3N7O3. The molecule has 13 heteroatoms. The van der Waals surface area contributed by atoms with Crippen molar-refractivity contribution in [1.29, 1.82) is 0 Å². The number of hydrogen-bond acceptors (Lipinski definition) is 7. The third kappa shape index (κ3) is 5.29. The van der Waals surface area contributed by atoms with Crippen molar-refractivity contribution in [3.63, 3.8) is 0 Å². The van der Waals surface area contributed by atoms with E-state index in [9.17, 15) is 22.8 Å². The first-order valence-corrected chi connectivity index (χ1v) is 11.4. The van der Waals surface area contributed by atoms with Crippen LogP contribution in [0, 0.1) is 6.92 Å². The Hall–Kier alpha value is -4.29. The summed E-state index contributed by atoms with van der Waals surface area (Å²) in [6.45, 7) is 6.81. The predicted octanol–water partition coefficient (Wildman–Crippen LogP) is 4.20. The van der Waals surface area contributed by atoms with Crippen molar-refractivity contribution in [2.75, 3.05) is 11.9 Å². The number of halogens is 3. The second-order valence-electron chi connectivity index (χ2n) is 8.52. The third-order valence-electron chi connectivity index (χ3n) is 5.53. The molecule has 0 aromatic carbocycles. The van der Waals surface area contributed by atoms with Gasteiger partial charge < -0.3 is 14.6 Å². The van der Waals surface area contributed by atoms with Crippen molar-refractivity contribution in [2.45, 2.75) is 46.5 Å². The third-order valence-corrected chi connectivity index (χ3v) is 5.53. The highest BCUT2D eigenvalue weighted by Crippen LogP contribution is 2.30. The zero-order valence-corrected chi connectivity index (χ0v) is 20.5. The van der Waals surface area contributed by atoms with E-state index < -0.39 is 24.3 Å². The van der Waals surface area contributed by atoms with Gasteiger partial charge in [0.1, 0.15) is 24.2 Å². The average molecular weight is 515 g/mol. The summed E-state index contributed by atoms with van der Waals surface area (Å²) in [5.41, 5.74) is 0.306. The van der Waals surface area contributed by atoms with Crippen molar-refractivity contribution in [1.82, 2.24) is 29.3 Å². The highest BCUT2D eigenvalue weighted by atomic mass is 19.4. The van der Waals surface area contributed by atoms with Crippen LogP contribution < -0.4 is 10.1 Å². The monoisotopic (exact) mass is 515 g/mol. The second-order valence-corrected chi connectivity index (χ2v) is 8.52. The van der Waals surface area contributed by atoms with Crippen LogP contribution in [-0.2, 0) is 17.5 Å². The number of nitrogens with one attached hydrogen (secondary N) is 1. The van der Waals surface area contributed by atoms with Crippen LogP contribution in [-0.4, -0.2) is 47.6 Å². The minimum Gasteiger partial charge on any atom is -0.476 e. The number of fused-ring (bicyclic) bond motifs is 1. The van der Waals surface area contributed by atoms with E-state index in [1.165, 1.54) is 25.5 Å². The zero-order valence-electron chi connectivity index (χ0n) is 20.5. The normalized spacial score (nSPS) is 11.8. The zero-order chi connectivity index (χ0) is 26.9. The highest BCUT2D eigenvalue weighted by molar-refractivity contribution is 6.16. The summed E-state index contributed by atoms with van der Waals surface area (Å²) >= 11 is 0. The lowest BCUT2D eigenvalue weighted by atomic mass is 10.1. The van der Waals surface area contributed by atoms with Gasteiger partial charge in [0.2, 0.25) is 11.8 Å². The van der Waals surface area contributed by atoms with E-state index in [0.717, 1.165) is 10.7 Å². The molecule has 0 radical (unpaired) electrons. The second kappa shape index (κ2) is 9.99. The molecule has 1 amide bonds. The van der Waals surface area contributed by atoms with Gasteiger partial charge in [-0.2, -0.15) is 18.3 Å². The fourth-order valence-electron chi connectivity index (χ4n) is 3.77. The van der Waals surface area contributed by atoms with Gasteiger partial charge in [0.15, 0.2) is 11.5 Å². The summed E-state index contributed by atoms with van der Waals surface area (Å²) in [4.78, 5) is 38.7. The first kappa shape index (κ1) is 25.8. The van der Waals surface area contributed by atoms with Gasteiger partial charge >= 0.3 is 6.18 Å². The smallest absolute Gasteiger partial charge is 0.435 e. The van der Waals surface area contributed by atoms with Crippen LogP contribution in [0.5, 0.6) is 5.88 Å². The van der Waals surface area contributed by atoms with Gasteiger partial charge in [0.05, 0.1) is 12.2 Å². The lowest BCUT2D eigenvalue weighted by molar-refractivity contribution is -0.141. The van der Waals surface area contributed by atoms with Crippen molar-refractivity contribution in [2.24, 2.45) is 0 Å². The molecule has 0 aliphatic rings. The Morgan fingerprint density at radius 1 is 1.16 bits per heavy atom. The Morgan fingerprint density at radius 3 is 2.57 bits per heavy atom. The van der Waals surface area contributed by atoms with Crippen LogP contribution in [0.1, 0.15) is 54.1 Å². The molecule has 0 saturated carbocycles. The molecule has 4 rings (SSSR count). The Kier molecular flexibility index (Phi) is 6.96. The average Bonchev–Trinajstić information content (AvgIpc) is 3.41. The van der Waals surface area contributed by atoms with E-state index in [2.05, 4.69) is 25.4 Å². The van der Waals surface area contributed by atoms with Gasteiger partial charge in [-0.05, 0) is 39.8 Å². The first-order valence-electron chi connectivity index (χ1n) is 11.4. The number of hydrogen-bond donors (Lipinski definition) is 1. The van der Waals surface area contributed by atoms with Gasteiger partial charge in [-0.15, -0.1) is 0 Å². The summed E-state index contributed by atoms with van der Waals surface area (Å²) in [5.74, 6) is -0.978. The molecule has 0 spiro atoms. The molecule has 4 heterocycles. The molecule has 10 nitrogen and oxygen atoms in total. The quantitative estimate of drug-likeness (QED) is 0.350. The van der Waals surface area contributed by atoms with Crippen molar-refractivity contribution in [3.8, 4) is 5.88 Å². The highest BCUT2D eigenvalue weighted by Gasteiger charge is 2.34. The molecule has 0 atom stereocenters. The number of rotatable bonds is 8. The van der Waals surface area contributed by atoms with Gasteiger partial charge in [0.25, 0.3) is 0 Å². The Balaban J connectivity index is 1.64. The van der Waals surface area contributed by atoms with E-state index in [1.54, 1.807) is 19.3 Å². The van der Waals surface area contributed by atoms with Crippen molar-refractivity contribution in [3.05, 3.63) is 59.6 Å². The van der Waals surface area contributed by atoms with Gasteiger partial charge in [-0.1, -0.05) is 0 Å². The van der Waals surface area contributed by atoms with Crippen LogP contribution in [0.15, 0.2) is 37.1 Å². The van der Waals surface area contributed by atoms with Crippen LogP contribution in [0.3, 0.4) is 0 Å². The minimum absolute atomic E-state index is 0.0378. The number of pyridine rings is 1. The molecule has 4 aromatic heterocycles. The van der Waals surface area contributed by atoms with Gasteiger partial charge in [-0.3, -0.25) is 14.3 Å². The molecule has 0 bridgehead atoms. The minimum atomic E-state index is -4.63. The molecule has 4 aromatic rings. The maximum Gasteiger partial charge on any atom is 0.435 e. The summed E-state index contributed by atoms with van der Waals surface area (Å²) in [6, 6.07) is 2.31. The molecule has 0 fully saturated rings. The number of carbonyl (C=O) groups is 2. The summed E-state index contributed by atoms with van der Waals surface area (Å²) in [5, 5.41) is 6.61. The standard InChI is InChI=1S/C24H24F3N7O3/c1-5-37-23-18(31-20(35)11-34-14(4)6-19(32-34)24(25,26)27)7-15(8-29-23)21(36)17-10-33(13(2)3)22-16(17)9-28-12-30-22/h6-10,12-13H,5,11H2,1-4H3,(H,31,35). The number of anilines is 1. The number of aromatic nitrogens is 6. The summed E-state index contributed by atoms with van der Waals surface area (Å²) in [6.07, 6.45) is 1.36. The number of nitrogens with zero attached hydrogens (tertiary/aromatic N) is 6. The lowest BCUT2D eigenvalue weighted by Gasteiger charge is -2.12. The largest absolute Gasteiger partial charge is 0.476 e. The van der Waals surface area contributed by atoms with E-state index in [0.29, 0.717) is 16.6 Å². The van der Waals surface area contributed by atoms with Gasteiger partial charge in [0, 0.05) is 41.3 Å². The molecule has 0 unspecified atom stereocenters. The van der Waals surface area contributed by atoms with E-state index in [1.807, 2.05) is 18.4 Å². The number of aryl methyl sites for hydroxylation is 1. The molecule has 37 heavy (non-hydrogen) atoms. The summed E-state index contributed by atoms with van der Waals surface area (Å²) in [7, 11) is 0. The number of carbonyl (C=O) groups excluding carboxylic acids is 2. The summed E-state index contributed by atoms with van der Waals surface area (Å²) < 4.78 is 47.2. The Labute approximate surface area is 209 Å².